The Hall–Kier alpha value is -3.19. The number of ether oxygens (including phenoxy) is 1. The molecule has 2 unspecified atom stereocenters. The molecule has 3 aliphatic rings. The number of aromatic nitrogens is 2. The highest BCUT2D eigenvalue weighted by Gasteiger charge is 2.41. The van der Waals surface area contributed by atoms with Crippen LogP contribution in [0, 0.1) is 11.7 Å². The van der Waals surface area contributed by atoms with Gasteiger partial charge in [-0.1, -0.05) is 18.2 Å². The van der Waals surface area contributed by atoms with E-state index in [1.165, 1.54) is 23.3 Å². The van der Waals surface area contributed by atoms with Gasteiger partial charge in [0.2, 0.25) is 0 Å². The van der Waals surface area contributed by atoms with E-state index >= 15 is 0 Å². The van der Waals surface area contributed by atoms with Crippen LogP contribution in [0.5, 0.6) is 11.8 Å². The maximum atomic E-state index is 13.6. The Bertz CT molecular complexity index is 1140. The lowest BCUT2D eigenvalue weighted by atomic mass is 9.96. The van der Waals surface area contributed by atoms with Crippen molar-refractivity contribution in [3.63, 3.8) is 0 Å². The maximum absolute atomic E-state index is 13.6. The van der Waals surface area contributed by atoms with Crippen molar-refractivity contribution in [2.45, 2.75) is 12.5 Å². The van der Waals surface area contributed by atoms with E-state index in [2.05, 4.69) is 33.7 Å². The molecule has 3 aromatic rings. The molecule has 0 bridgehead atoms. The van der Waals surface area contributed by atoms with Crippen molar-refractivity contribution in [2.24, 2.45) is 5.92 Å². The number of nitrogens with one attached hydrogen (secondary N) is 2. The molecule has 2 N–H and O–H groups in total. The molecule has 6 rings (SSSR count). The molecule has 2 saturated heterocycles. The molecule has 0 amide bonds. The van der Waals surface area contributed by atoms with Crippen molar-refractivity contribution in [1.29, 1.82) is 0 Å². The number of hydrogen-bond acceptors (Lipinski definition) is 6. The largest absolute Gasteiger partial charge is 0.424 e. The number of benzene rings is 2. The molecule has 1 aromatic heterocycles. The van der Waals surface area contributed by atoms with Crippen molar-refractivity contribution < 1.29 is 9.13 Å². The molecule has 2 aliphatic heterocycles. The molecule has 7 heteroatoms. The Kier molecular flexibility index (Phi) is 3.92. The fourth-order valence-electron chi connectivity index (χ4n) is 4.82. The van der Waals surface area contributed by atoms with Gasteiger partial charge in [-0.15, -0.1) is 0 Å². The minimum atomic E-state index is -0.345. The summed E-state index contributed by atoms with van der Waals surface area (Å²) < 4.78 is 19.5. The van der Waals surface area contributed by atoms with Crippen LogP contribution in [-0.2, 0) is 6.42 Å². The predicted octanol–water partition coefficient (Wildman–Crippen LogP) is 3.43. The average Bonchev–Trinajstić information content (AvgIpc) is 3.24. The minimum Gasteiger partial charge on any atom is -0.424 e. The Morgan fingerprint density at radius 2 is 2.07 bits per heavy atom. The molecule has 3 heterocycles. The lowest BCUT2D eigenvalue weighted by Gasteiger charge is -2.29. The summed E-state index contributed by atoms with van der Waals surface area (Å²) in [6.45, 7) is 2.96. The van der Waals surface area contributed by atoms with Gasteiger partial charge in [0.25, 0.3) is 0 Å². The second kappa shape index (κ2) is 6.67. The lowest BCUT2D eigenvalue weighted by molar-refractivity contribution is 0.297. The lowest BCUT2D eigenvalue weighted by Crippen LogP contribution is -2.51. The standard InChI is InChI=1S/C23H22FN5O/c1-25-18-7-3-6-16-17(18)9-19-21(16)22(29-11-13-10-26-20(13)12-29)28-23(27-19)30-15-5-2-4-14(24)8-15/h2-8,13,20,25-26H,9-12H2,1H3. The van der Waals surface area contributed by atoms with Crippen LogP contribution in [0.4, 0.5) is 15.9 Å². The predicted molar refractivity (Wildman–Crippen MR) is 114 cm³/mol. The summed E-state index contributed by atoms with van der Waals surface area (Å²) in [7, 11) is 1.94. The van der Waals surface area contributed by atoms with E-state index in [9.17, 15) is 4.39 Å². The third kappa shape index (κ3) is 2.73. The van der Waals surface area contributed by atoms with E-state index in [-0.39, 0.29) is 11.8 Å². The van der Waals surface area contributed by atoms with Crippen molar-refractivity contribution in [2.75, 3.05) is 36.9 Å². The van der Waals surface area contributed by atoms with Gasteiger partial charge in [0.1, 0.15) is 17.4 Å². The van der Waals surface area contributed by atoms with Crippen molar-refractivity contribution in [3.05, 3.63) is 59.5 Å². The highest BCUT2D eigenvalue weighted by atomic mass is 19.1. The summed E-state index contributed by atoms with van der Waals surface area (Å²) >= 11 is 0. The molecule has 2 fully saturated rings. The highest BCUT2D eigenvalue weighted by molar-refractivity contribution is 5.88. The Balaban J connectivity index is 1.46. The first-order valence-electron chi connectivity index (χ1n) is 10.3. The van der Waals surface area contributed by atoms with E-state index in [0.717, 1.165) is 48.8 Å². The Morgan fingerprint density at radius 3 is 2.80 bits per heavy atom. The Labute approximate surface area is 174 Å². The number of halogens is 1. The fraction of sp³-hybridized carbons (Fsp3) is 0.304. The summed E-state index contributed by atoms with van der Waals surface area (Å²) in [6.07, 6.45) is 0.718. The first-order chi connectivity index (χ1) is 14.7. The summed E-state index contributed by atoms with van der Waals surface area (Å²) in [5.74, 6) is 1.62. The van der Waals surface area contributed by atoms with Gasteiger partial charge in [0, 0.05) is 62.4 Å². The number of rotatable bonds is 4. The zero-order valence-corrected chi connectivity index (χ0v) is 16.7. The SMILES string of the molecule is CNc1cccc2c1Cc1nc(Oc3cccc(F)c3)nc(N3CC4CNC4C3)c1-2. The van der Waals surface area contributed by atoms with Crippen molar-refractivity contribution >= 4 is 11.5 Å². The van der Waals surface area contributed by atoms with Gasteiger partial charge >= 0.3 is 6.01 Å². The summed E-state index contributed by atoms with van der Waals surface area (Å²) in [6, 6.07) is 13.2. The molecule has 0 spiro atoms. The van der Waals surface area contributed by atoms with Gasteiger partial charge in [-0.2, -0.15) is 9.97 Å². The van der Waals surface area contributed by atoms with Crippen LogP contribution in [0.25, 0.3) is 11.1 Å². The molecule has 30 heavy (non-hydrogen) atoms. The van der Waals surface area contributed by atoms with Crippen molar-refractivity contribution in [1.82, 2.24) is 15.3 Å². The monoisotopic (exact) mass is 403 g/mol. The van der Waals surface area contributed by atoms with Gasteiger partial charge in [-0.3, -0.25) is 0 Å². The zero-order chi connectivity index (χ0) is 20.2. The van der Waals surface area contributed by atoms with Crippen LogP contribution < -0.4 is 20.3 Å². The Morgan fingerprint density at radius 1 is 1.17 bits per heavy atom. The van der Waals surface area contributed by atoms with E-state index in [1.807, 2.05) is 7.05 Å². The number of hydrogen-bond donors (Lipinski definition) is 2. The van der Waals surface area contributed by atoms with Crippen LogP contribution in [0.3, 0.4) is 0 Å². The van der Waals surface area contributed by atoms with Crippen LogP contribution >= 0.6 is 0 Å². The van der Waals surface area contributed by atoms with Crippen LogP contribution in [0.15, 0.2) is 42.5 Å². The van der Waals surface area contributed by atoms with E-state index in [1.54, 1.807) is 12.1 Å². The minimum absolute atomic E-state index is 0.264. The molecule has 0 radical (unpaired) electrons. The third-order valence-corrected chi connectivity index (χ3v) is 6.39. The molecule has 152 valence electrons. The van der Waals surface area contributed by atoms with Gasteiger partial charge in [-0.25, -0.2) is 4.39 Å². The number of fused-ring (bicyclic) bond motifs is 4. The highest BCUT2D eigenvalue weighted by Crippen LogP contribution is 2.46. The number of nitrogens with zero attached hydrogens (tertiary/aromatic N) is 3. The first-order valence-corrected chi connectivity index (χ1v) is 10.3. The fourth-order valence-corrected chi connectivity index (χ4v) is 4.82. The molecular formula is C23H22FN5O. The van der Waals surface area contributed by atoms with Crippen LogP contribution in [0.2, 0.25) is 0 Å². The van der Waals surface area contributed by atoms with E-state index in [4.69, 9.17) is 14.7 Å². The summed E-state index contributed by atoms with van der Waals surface area (Å²) in [4.78, 5) is 11.9. The van der Waals surface area contributed by atoms with Crippen molar-refractivity contribution in [3.8, 4) is 22.9 Å². The third-order valence-electron chi connectivity index (χ3n) is 6.39. The second-order valence-corrected chi connectivity index (χ2v) is 8.15. The second-order valence-electron chi connectivity index (χ2n) is 8.15. The van der Waals surface area contributed by atoms with Crippen LogP contribution in [-0.4, -0.2) is 42.7 Å². The van der Waals surface area contributed by atoms with Crippen LogP contribution in [0.1, 0.15) is 11.3 Å². The summed E-state index contributed by atoms with van der Waals surface area (Å²) in [5, 5.41) is 6.80. The number of anilines is 2. The van der Waals surface area contributed by atoms with E-state index < -0.39 is 0 Å². The van der Waals surface area contributed by atoms with Gasteiger partial charge < -0.3 is 20.3 Å². The summed E-state index contributed by atoms with van der Waals surface area (Å²) in [5.41, 5.74) is 5.56. The van der Waals surface area contributed by atoms with E-state index in [0.29, 0.717) is 17.7 Å². The average molecular weight is 403 g/mol. The molecule has 1 aliphatic carbocycles. The molecule has 2 atom stereocenters. The normalized spacial score (nSPS) is 20.9. The van der Waals surface area contributed by atoms with Gasteiger partial charge in [-0.05, 0) is 29.3 Å². The quantitative estimate of drug-likeness (QED) is 0.544. The smallest absolute Gasteiger partial charge is 0.324 e. The molecular weight excluding hydrogens is 381 g/mol. The zero-order valence-electron chi connectivity index (χ0n) is 16.7. The molecule has 2 aromatic carbocycles. The molecule has 0 saturated carbocycles. The first kappa shape index (κ1) is 17.7. The topological polar surface area (TPSA) is 62.3 Å². The van der Waals surface area contributed by atoms with Gasteiger partial charge in [0.05, 0.1) is 5.69 Å². The van der Waals surface area contributed by atoms with Gasteiger partial charge in [0.15, 0.2) is 0 Å². The molecule has 6 nitrogen and oxygen atoms in total. The maximum Gasteiger partial charge on any atom is 0.324 e.